The third-order valence-electron chi connectivity index (χ3n) is 1.67. The van der Waals surface area contributed by atoms with E-state index in [1.165, 1.54) is 18.0 Å². The molecule has 0 radical (unpaired) electrons. The van der Waals surface area contributed by atoms with Gasteiger partial charge in [-0.15, -0.1) is 0 Å². The van der Waals surface area contributed by atoms with E-state index in [0.717, 1.165) is 0 Å². The highest BCUT2D eigenvalue weighted by Crippen LogP contribution is 2.24. The lowest BCUT2D eigenvalue weighted by atomic mass is 10.3. The van der Waals surface area contributed by atoms with Crippen LogP contribution in [-0.2, 0) is 4.79 Å². The Bertz CT molecular complexity index is 331. The average Bonchev–Trinajstić information content (AvgIpc) is 2.20. The molecular formula is C9H11ClN2O2S. The van der Waals surface area contributed by atoms with Crippen molar-refractivity contribution in [1.29, 1.82) is 0 Å². The summed E-state index contributed by atoms with van der Waals surface area (Å²) in [5.41, 5.74) is 5.33. The van der Waals surface area contributed by atoms with Gasteiger partial charge in [0.1, 0.15) is 5.25 Å². The van der Waals surface area contributed by atoms with Crippen LogP contribution < -0.4 is 5.73 Å². The Balaban J connectivity index is 2.65. The third kappa shape index (κ3) is 4.07. The highest BCUT2D eigenvalue weighted by molar-refractivity contribution is 8.00. The summed E-state index contributed by atoms with van der Waals surface area (Å²) in [6.07, 6.45) is 1.91. The number of carbonyl (C=O) groups is 1. The Morgan fingerprint density at radius 2 is 2.40 bits per heavy atom. The van der Waals surface area contributed by atoms with Crippen LogP contribution in [0.4, 0.5) is 0 Å². The number of hydrogen-bond donors (Lipinski definition) is 2. The van der Waals surface area contributed by atoms with Crippen molar-refractivity contribution in [1.82, 2.24) is 4.98 Å². The topological polar surface area (TPSA) is 76.2 Å². The van der Waals surface area contributed by atoms with Crippen LogP contribution in [0.15, 0.2) is 23.4 Å². The van der Waals surface area contributed by atoms with Crippen LogP contribution in [0.5, 0.6) is 0 Å². The van der Waals surface area contributed by atoms with Crippen LogP contribution in [0.1, 0.15) is 6.42 Å². The highest BCUT2D eigenvalue weighted by Gasteiger charge is 2.18. The predicted octanol–water partition coefficient (Wildman–Crippen LogP) is 1.63. The first-order valence-corrected chi connectivity index (χ1v) is 5.60. The Morgan fingerprint density at radius 1 is 1.67 bits per heavy atom. The second-order valence-corrected chi connectivity index (χ2v) is 4.50. The molecule has 0 amide bonds. The van der Waals surface area contributed by atoms with Crippen molar-refractivity contribution in [2.45, 2.75) is 16.7 Å². The molecule has 0 aromatic carbocycles. The minimum absolute atomic E-state index is 0.345. The van der Waals surface area contributed by atoms with Gasteiger partial charge in [-0.05, 0) is 25.1 Å². The molecule has 1 rings (SSSR count). The molecule has 1 aromatic rings. The lowest BCUT2D eigenvalue weighted by molar-refractivity contribution is -0.136. The van der Waals surface area contributed by atoms with Gasteiger partial charge in [-0.2, -0.15) is 0 Å². The summed E-state index contributed by atoms with van der Waals surface area (Å²) in [5.74, 6) is -0.873. The number of halogens is 1. The van der Waals surface area contributed by atoms with E-state index in [-0.39, 0.29) is 0 Å². The molecule has 0 aliphatic carbocycles. The predicted molar refractivity (Wildman–Crippen MR) is 60.2 cm³/mol. The number of aliphatic carboxylic acids is 1. The molecule has 82 valence electrons. The van der Waals surface area contributed by atoms with Crippen molar-refractivity contribution in [3.05, 3.63) is 23.4 Å². The normalized spacial score (nSPS) is 12.4. The fraction of sp³-hybridized carbons (Fsp3) is 0.333. The van der Waals surface area contributed by atoms with Crippen molar-refractivity contribution >= 4 is 29.3 Å². The fourth-order valence-electron chi connectivity index (χ4n) is 0.962. The van der Waals surface area contributed by atoms with Crippen molar-refractivity contribution < 1.29 is 9.90 Å². The molecule has 0 fully saturated rings. The first-order valence-electron chi connectivity index (χ1n) is 4.34. The average molecular weight is 247 g/mol. The van der Waals surface area contributed by atoms with Crippen LogP contribution >= 0.6 is 23.4 Å². The van der Waals surface area contributed by atoms with Gasteiger partial charge in [0.05, 0.1) is 10.0 Å². The Labute approximate surface area is 96.8 Å². The number of pyridine rings is 1. The summed E-state index contributed by atoms with van der Waals surface area (Å²) in [7, 11) is 0. The summed E-state index contributed by atoms with van der Waals surface area (Å²) in [4.78, 5) is 14.8. The number of carboxylic acids is 1. The van der Waals surface area contributed by atoms with Crippen molar-refractivity contribution in [2.75, 3.05) is 6.54 Å². The smallest absolute Gasteiger partial charge is 0.317 e. The van der Waals surface area contributed by atoms with E-state index < -0.39 is 11.2 Å². The SMILES string of the molecule is NCCC(Sc1ccc(Cl)cn1)C(=O)O. The quantitative estimate of drug-likeness (QED) is 0.773. The monoisotopic (exact) mass is 246 g/mol. The zero-order valence-corrected chi connectivity index (χ0v) is 9.46. The van der Waals surface area contributed by atoms with Crippen LogP contribution in [0.25, 0.3) is 0 Å². The van der Waals surface area contributed by atoms with Gasteiger partial charge in [0.2, 0.25) is 0 Å². The summed E-state index contributed by atoms with van der Waals surface area (Å²) in [5, 5.41) is 9.51. The molecule has 1 unspecified atom stereocenters. The van der Waals surface area contributed by atoms with E-state index in [9.17, 15) is 4.79 Å². The number of nitrogens with two attached hydrogens (primary N) is 1. The van der Waals surface area contributed by atoms with Gasteiger partial charge in [-0.25, -0.2) is 4.98 Å². The molecule has 1 heterocycles. The number of nitrogens with zero attached hydrogens (tertiary/aromatic N) is 1. The molecule has 4 nitrogen and oxygen atoms in total. The maximum atomic E-state index is 10.8. The van der Waals surface area contributed by atoms with Gasteiger partial charge in [0, 0.05) is 6.20 Å². The molecular weight excluding hydrogens is 236 g/mol. The van der Waals surface area contributed by atoms with Gasteiger partial charge in [0.15, 0.2) is 0 Å². The van der Waals surface area contributed by atoms with Gasteiger partial charge < -0.3 is 10.8 Å². The molecule has 0 aliphatic rings. The van der Waals surface area contributed by atoms with Crippen LogP contribution in [0.2, 0.25) is 5.02 Å². The minimum atomic E-state index is -0.873. The minimum Gasteiger partial charge on any atom is -0.480 e. The molecule has 3 N–H and O–H groups in total. The number of carboxylic acid groups (broad SMARTS) is 1. The maximum absolute atomic E-state index is 10.8. The number of thioether (sulfide) groups is 1. The first kappa shape index (κ1) is 12.3. The lowest BCUT2D eigenvalue weighted by Crippen LogP contribution is -2.20. The maximum Gasteiger partial charge on any atom is 0.317 e. The number of aromatic nitrogens is 1. The zero-order chi connectivity index (χ0) is 11.3. The van der Waals surface area contributed by atoms with E-state index in [0.29, 0.717) is 23.0 Å². The van der Waals surface area contributed by atoms with E-state index in [1.807, 2.05) is 0 Å². The Kier molecular flexibility index (Phi) is 4.87. The molecule has 0 spiro atoms. The molecule has 0 aliphatic heterocycles. The standard InChI is InChI=1S/C9H11ClN2O2S/c10-6-1-2-8(12-5-6)15-7(3-4-11)9(13)14/h1-2,5,7H,3-4,11H2,(H,13,14). The molecule has 15 heavy (non-hydrogen) atoms. The van der Waals surface area contributed by atoms with Crippen molar-refractivity contribution in [3.63, 3.8) is 0 Å². The van der Waals surface area contributed by atoms with E-state index in [4.69, 9.17) is 22.4 Å². The summed E-state index contributed by atoms with van der Waals surface area (Å²) < 4.78 is 0. The largest absolute Gasteiger partial charge is 0.480 e. The zero-order valence-electron chi connectivity index (χ0n) is 7.89. The van der Waals surface area contributed by atoms with E-state index >= 15 is 0 Å². The fourth-order valence-corrected chi connectivity index (χ4v) is 1.98. The van der Waals surface area contributed by atoms with E-state index in [2.05, 4.69) is 4.98 Å². The van der Waals surface area contributed by atoms with Crippen LogP contribution in [0, 0.1) is 0 Å². The Morgan fingerprint density at radius 3 is 2.87 bits per heavy atom. The molecule has 6 heteroatoms. The molecule has 0 bridgehead atoms. The summed E-state index contributed by atoms with van der Waals surface area (Å²) >= 11 is 6.84. The van der Waals surface area contributed by atoms with Crippen LogP contribution in [-0.4, -0.2) is 27.9 Å². The van der Waals surface area contributed by atoms with Gasteiger partial charge in [0.25, 0.3) is 0 Å². The molecule has 0 saturated heterocycles. The number of rotatable bonds is 5. The van der Waals surface area contributed by atoms with Crippen molar-refractivity contribution in [2.24, 2.45) is 5.73 Å². The molecule has 1 aromatic heterocycles. The second-order valence-electron chi connectivity index (χ2n) is 2.84. The molecule has 0 saturated carbocycles. The van der Waals surface area contributed by atoms with Crippen molar-refractivity contribution in [3.8, 4) is 0 Å². The first-order chi connectivity index (χ1) is 7.13. The highest BCUT2D eigenvalue weighted by atomic mass is 35.5. The second kappa shape index (κ2) is 5.95. The molecule has 1 atom stereocenters. The summed E-state index contributed by atoms with van der Waals surface area (Å²) in [6.45, 7) is 0.345. The van der Waals surface area contributed by atoms with Gasteiger partial charge in [-0.3, -0.25) is 4.79 Å². The number of hydrogen-bond acceptors (Lipinski definition) is 4. The van der Waals surface area contributed by atoms with Gasteiger partial charge in [-0.1, -0.05) is 23.4 Å². The Hall–Kier alpha value is -0.780. The third-order valence-corrected chi connectivity index (χ3v) is 3.10. The lowest BCUT2D eigenvalue weighted by Gasteiger charge is -2.09. The van der Waals surface area contributed by atoms with Crippen LogP contribution in [0.3, 0.4) is 0 Å². The van der Waals surface area contributed by atoms with Gasteiger partial charge >= 0.3 is 5.97 Å². The van der Waals surface area contributed by atoms with E-state index in [1.54, 1.807) is 12.1 Å². The summed E-state index contributed by atoms with van der Waals surface area (Å²) in [6, 6.07) is 3.37.